The van der Waals surface area contributed by atoms with Crippen molar-refractivity contribution in [3.8, 4) is 0 Å². The third-order valence-electron chi connectivity index (χ3n) is 5.72. The summed E-state index contributed by atoms with van der Waals surface area (Å²) >= 11 is 0. The molecule has 7 heteroatoms. The van der Waals surface area contributed by atoms with Gasteiger partial charge in [-0.05, 0) is 29.5 Å². The van der Waals surface area contributed by atoms with E-state index in [0.29, 0.717) is 32.6 Å². The number of benzene rings is 2. The van der Waals surface area contributed by atoms with Gasteiger partial charge < -0.3 is 15.4 Å². The Kier molecular flexibility index (Phi) is 7.41. The molecular formula is C24H29N3O4. The van der Waals surface area contributed by atoms with Gasteiger partial charge in [0.25, 0.3) is 5.91 Å². The lowest BCUT2D eigenvalue weighted by Crippen LogP contribution is -2.46. The molecule has 1 aliphatic rings. The first-order valence-electron chi connectivity index (χ1n) is 10.6. The molecule has 31 heavy (non-hydrogen) atoms. The van der Waals surface area contributed by atoms with Crippen molar-refractivity contribution in [2.75, 3.05) is 6.54 Å². The van der Waals surface area contributed by atoms with E-state index in [1.54, 1.807) is 0 Å². The van der Waals surface area contributed by atoms with Crippen molar-refractivity contribution < 1.29 is 19.1 Å². The van der Waals surface area contributed by atoms with E-state index in [1.165, 1.54) is 0 Å². The van der Waals surface area contributed by atoms with Crippen LogP contribution in [0.2, 0.25) is 0 Å². The lowest BCUT2D eigenvalue weighted by molar-refractivity contribution is -0.135. The molecule has 1 aliphatic heterocycles. The number of carbonyl (C=O) groups is 3. The first-order valence-corrected chi connectivity index (χ1v) is 10.6. The van der Waals surface area contributed by atoms with Crippen LogP contribution in [-0.4, -0.2) is 34.8 Å². The third-order valence-corrected chi connectivity index (χ3v) is 5.72. The number of ether oxygens (including phenoxy) is 1. The maximum absolute atomic E-state index is 12.6. The quantitative estimate of drug-likeness (QED) is 0.575. The molecule has 4 amide bonds. The van der Waals surface area contributed by atoms with E-state index >= 15 is 0 Å². The zero-order valence-corrected chi connectivity index (χ0v) is 18.0. The van der Waals surface area contributed by atoms with Crippen LogP contribution in [0, 0.1) is 0 Å². The minimum absolute atomic E-state index is 0.292. The molecule has 1 heterocycles. The largest absolute Gasteiger partial charge is 0.372 e. The maximum atomic E-state index is 12.6. The Hall–Kier alpha value is -3.19. The van der Waals surface area contributed by atoms with Crippen molar-refractivity contribution in [1.82, 2.24) is 15.5 Å². The van der Waals surface area contributed by atoms with Crippen molar-refractivity contribution in [2.45, 2.75) is 52.0 Å². The van der Waals surface area contributed by atoms with E-state index in [2.05, 4.69) is 10.6 Å². The average Bonchev–Trinajstić information content (AvgIpc) is 3.03. The number of amides is 4. The van der Waals surface area contributed by atoms with Crippen molar-refractivity contribution in [3.63, 3.8) is 0 Å². The van der Waals surface area contributed by atoms with E-state index in [1.807, 2.05) is 68.4 Å². The second kappa shape index (κ2) is 10.2. The normalized spacial score (nSPS) is 15.1. The molecule has 0 unspecified atom stereocenters. The predicted octanol–water partition coefficient (Wildman–Crippen LogP) is 3.13. The molecule has 0 spiro atoms. The molecule has 0 atom stereocenters. The molecule has 0 radical (unpaired) electrons. The molecule has 7 nitrogen and oxygen atoms in total. The lowest BCUT2D eigenvalue weighted by atomic mass is 9.93. The molecule has 0 bridgehead atoms. The zero-order valence-electron chi connectivity index (χ0n) is 18.0. The summed E-state index contributed by atoms with van der Waals surface area (Å²) in [4.78, 5) is 38.3. The molecule has 164 valence electrons. The van der Waals surface area contributed by atoms with Gasteiger partial charge in [0.15, 0.2) is 0 Å². The summed E-state index contributed by atoms with van der Waals surface area (Å²) in [5.74, 6) is -0.723. The Bertz CT molecular complexity index is 925. The summed E-state index contributed by atoms with van der Waals surface area (Å²) in [5, 5.41) is 5.54. The van der Waals surface area contributed by atoms with E-state index in [0.717, 1.165) is 21.6 Å². The van der Waals surface area contributed by atoms with Gasteiger partial charge in [0.05, 0.1) is 13.2 Å². The van der Waals surface area contributed by atoms with Crippen LogP contribution in [0.5, 0.6) is 0 Å². The Morgan fingerprint density at radius 2 is 1.61 bits per heavy atom. The van der Waals surface area contributed by atoms with Crippen LogP contribution < -0.4 is 10.6 Å². The van der Waals surface area contributed by atoms with Gasteiger partial charge in [0.1, 0.15) is 12.1 Å². The van der Waals surface area contributed by atoms with Gasteiger partial charge in [-0.3, -0.25) is 14.5 Å². The van der Waals surface area contributed by atoms with Crippen LogP contribution in [0.4, 0.5) is 4.79 Å². The SMILES string of the molecule is CCC1(CC)NC(=O)N(CC(=O)NCc2ccccc2COCc2ccccc2)C1=O. The van der Waals surface area contributed by atoms with Crippen molar-refractivity contribution >= 4 is 17.8 Å². The molecule has 0 aromatic heterocycles. The van der Waals surface area contributed by atoms with E-state index < -0.39 is 11.6 Å². The molecule has 0 saturated carbocycles. The minimum atomic E-state index is -0.903. The number of nitrogens with one attached hydrogen (secondary N) is 2. The standard InChI is InChI=1S/C24H29N3O4/c1-3-24(4-2)22(29)27(23(30)26-24)15-21(28)25-14-19-12-8-9-13-20(19)17-31-16-18-10-6-5-7-11-18/h5-13H,3-4,14-17H2,1-2H3,(H,25,28)(H,26,30). The number of hydrogen-bond donors (Lipinski definition) is 2. The van der Waals surface area contributed by atoms with Crippen molar-refractivity contribution in [3.05, 3.63) is 71.3 Å². The van der Waals surface area contributed by atoms with Gasteiger partial charge in [-0.25, -0.2) is 4.79 Å². The number of urea groups is 1. The molecule has 0 aliphatic carbocycles. The fourth-order valence-corrected chi connectivity index (χ4v) is 3.67. The summed E-state index contributed by atoms with van der Waals surface area (Å²) in [5.41, 5.74) is 2.10. The van der Waals surface area contributed by atoms with Gasteiger partial charge in [-0.2, -0.15) is 0 Å². The first-order chi connectivity index (χ1) is 15.0. The summed E-state index contributed by atoms with van der Waals surface area (Å²) in [7, 11) is 0. The highest BCUT2D eigenvalue weighted by Crippen LogP contribution is 2.24. The number of carbonyl (C=O) groups excluding carboxylic acids is 3. The number of nitrogens with zero attached hydrogens (tertiary/aromatic N) is 1. The van der Waals surface area contributed by atoms with E-state index in [9.17, 15) is 14.4 Å². The van der Waals surface area contributed by atoms with Crippen molar-refractivity contribution in [1.29, 1.82) is 0 Å². The van der Waals surface area contributed by atoms with Crippen LogP contribution in [0.25, 0.3) is 0 Å². The molecule has 2 aromatic carbocycles. The fraction of sp³-hybridized carbons (Fsp3) is 0.375. The summed E-state index contributed by atoms with van der Waals surface area (Å²) in [6.07, 6.45) is 0.977. The second-order valence-corrected chi connectivity index (χ2v) is 7.63. The molecule has 2 aromatic rings. The van der Waals surface area contributed by atoms with Gasteiger partial charge >= 0.3 is 6.03 Å². The second-order valence-electron chi connectivity index (χ2n) is 7.63. The Labute approximate surface area is 182 Å². The predicted molar refractivity (Wildman–Crippen MR) is 117 cm³/mol. The number of imide groups is 1. The van der Waals surface area contributed by atoms with E-state index in [-0.39, 0.29) is 18.4 Å². The lowest BCUT2D eigenvalue weighted by Gasteiger charge is -2.23. The van der Waals surface area contributed by atoms with Crippen molar-refractivity contribution in [2.24, 2.45) is 0 Å². The summed E-state index contributed by atoms with van der Waals surface area (Å²) in [6.45, 7) is 4.62. The van der Waals surface area contributed by atoms with Crippen LogP contribution in [0.3, 0.4) is 0 Å². The Morgan fingerprint density at radius 3 is 2.26 bits per heavy atom. The smallest absolute Gasteiger partial charge is 0.325 e. The number of hydrogen-bond acceptors (Lipinski definition) is 4. The maximum Gasteiger partial charge on any atom is 0.325 e. The topological polar surface area (TPSA) is 87.7 Å². The van der Waals surface area contributed by atoms with Crippen LogP contribution in [0.1, 0.15) is 43.4 Å². The van der Waals surface area contributed by atoms with Crippen LogP contribution >= 0.6 is 0 Å². The highest BCUT2D eigenvalue weighted by molar-refractivity contribution is 6.08. The van der Waals surface area contributed by atoms with Crippen LogP contribution in [0.15, 0.2) is 54.6 Å². The third kappa shape index (κ3) is 5.30. The molecular weight excluding hydrogens is 394 g/mol. The van der Waals surface area contributed by atoms with Gasteiger partial charge in [0.2, 0.25) is 5.91 Å². The molecule has 1 fully saturated rings. The summed E-state index contributed by atoms with van der Waals surface area (Å²) < 4.78 is 5.82. The van der Waals surface area contributed by atoms with E-state index in [4.69, 9.17) is 4.74 Å². The average molecular weight is 424 g/mol. The molecule has 1 saturated heterocycles. The van der Waals surface area contributed by atoms with Gasteiger partial charge in [-0.15, -0.1) is 0 Å². The van der Waals surface area contributed by atoms with Gasteiger partial charge in [-0.1, -0.05) is 68.4 Å². The fourth-order valence-electron chi connectivity index (χ4n) is 3.67. The Morgan fingerprint density at radius 1 is 0.968 bits per heavy atom. The van der Waals surface area contributed by atoms with Gasteiger partial charge in [0, 0.05) is 6.54 Å². The minimum Gasteiger partial charge on any atom is -0.372 e. The number of rotatable bonds is 10. The molecule has 2 N–H and O–H groups in total. The monoisotopic (exact) mass is 423 g/mol. The summed E-state index contributed by atoms with van der Waals surface area (Å²) in [6, 6.07) is 17.1. The Balaban J connectivity index is 1.53. The highest BCUT2D eigenvalue weighted by atomic mass is 16.5. The zero-order chi connectivity index (χ0) is 22.3. The van der Waals surface area contributed by atoms with Crippen LogP contribution in [-0.2, 0) is 34.1 Å². The highest BCUT2D eigenvalue weighted by Gasteiger charge is 2.49. The molecule has 3 rings (SSSR count). The first kappa shape index (κ1) is 22.5.